The fourth-order valence-corrected chi connectivity index (χ4v) is 2.30. The molecular weight excluding hydrogens is 245 g/mol. The number of carbonyl (C=O) groups is 1. The summed E-state index contributed by atoms with van der Waals surface area (Å²) in [5, 5.41) is 0. The molecule has 102 valence electrons. The molecule has 4 heteroatoms. The second kappa shape index (κ2) is 5.97. The van der Waals surface area contributed by atoms with Crippen molar-refractivity contribution in [1.82, 2.24) is 4.90 Å². The molecule has 2 atom stereocenters. The van der Waals surface area contributed by atoms with Crippen LogP contribution in [0.25, 0.3) is 6.08 Å². The predicted molar refractivity (Wildman–Crippen MR) is 72.0 cm³/mol. The Kier molecular flexibility index (Phi) is 4.32. The average Bonchev–Trinajstić information content (AvgIpc) is 2.36. The molecule has 0 bridgehead atoms. The standard InChI is InChI=1S/C15H18FNO2/c1-11-9-19-10-12(2)17(11)15(18)7-6-13-4-3-5-14(16)8-13/h3-8,11-12H,9-10H2,1-2H3. The van der Waals surface area contributed by atoms with Gasteiger partial charge in [0, 0.05) is 6.08 Å². The lowest BCUT2D eigenvalue weighted by atomic mass is 10.1. The maximum Gasteiger partial charge on any atom is 0.247 e. The highest BCUT2D eigenvalue weighted by Crippen LogP contribution is 2.14. The van der Waals surface area contributed by atoms with Crippen molar-refractivity contribution in [3.8, 4) is 0 Å². The number of rotatable bonds is 2. The number of halogens is 1. The van der Waals surface area contributed by atoms with Crippen molar-refractivity contribution in [1.29, 1.82) is 0 Å². The maximum atomic E-state index is 13.0. The molecule has 1 saturated heterocycles. The number of carbonyl (C=O) groups excluding carboxylic acids is 1. The third kappa shape index (κ3) is 3.41. The summed E-state index contributed by atoms with van der Waals surface area (Å²) in [4.78, 5) is 14.0. The zero-order valence-electron chi connectivity index (χ0n) is 11.2. The summed E-state index contributed by atoms with van der Waals surface area (Å²) in [6, 6.07) is 6.29. The Balaban J connectivity index is 2.07. The number of hydrogen-bond donors (Lipinski definition) is 0. The molecule has 1 fully saturated rings. The van der Waals surface area contributed by atoms with Crippen molar-refractivity contribution in [2.75, 3.05) is 13.2 Å². The molecule has 3 nitrogen and oxygen atoms in total. The van der Waals surface area contributed by atoms with Crippen molar-refractivity contribution in [2.24, 2.45) is 0 Å². The molecule has 0 spiro atoms. The summed E-state index contributed by atoms with van der Waals surface area (Å²) >= 11 is 0. The molecule has 1 amide bonds. The number of nitrogens with zero attached hydrogens (tertiary/aromatic N) is 1. The molecule has 2 unspecified atom stereocenters. The summed E-state index contributed by atoms with van der Waals surface area (Å²) in [6.45, 7) is 5.04. The van der Waals surface area contributed by atoms with E-state index >= 15 is 0 Å². The highest BCUT2D eigenvalue weighted by atomic mass is 19.1. The molecule has 0 saturated carbocycles. The van der Waals surface area contributed by atoms with Gasteiger partial charge in [0.25, 0.3) is 0 Å². The zero-order chi connectivity index (χ0) is 13.8. The van der Waals surface area contributed by atoms with Crippen molar-refractivity contribution >= 4 is 12.0 Å². The third-order valence-corrected chi connectivity index (χ3v) is 3.19. The van der Waals surface area contributed by atoms with Gasteiger partial charge in [-0.3, -0.25) is 4.79 Å². The van der Waals surface area contributed by atoms with Gasteiger partial charge in [0.15, 0.2) is 0 Å². The van der Waals surface area contributed by atoms with Crippen LogP contribution in [-0.4, -0.2) is 36.1 Å². The normalized spacial score (nSPS) is 23.8. The highest BCUT2D eigenvalue weighted by molar-refractivity contribution is 5.92. The molecule has 1 aromatic rings. The van der Waals surface area contributed by atoms with Gasteiger partial charge in [0.05, 0.1) is 25.3 Å². The van der Waals surface area contributed by atoms with E-state index in [1.54, 1.807) is 23.1 Å². The quantitative estimate of drug-likeness (QED) is 0.767. The third-order valence-electron chi connectivity index (χ3n) is 3.19. The molecule has 0 aromatic heterocycles. The lowest BCUT2D eigenvalue weighted by Gasteiger charge is -2.38. The van der Waals surface area contributed by atoms with E-state index in [4.69, 9.17) is 4.74 Å². The SMILES string of the molecule is CC1COCC(C)N1C(=O)C=Cc1cccc(F)c1. The number of hydrogen-bond acceptors (Lipinski definition) is 2. The van der Waals surface area contributed by atoms with E-state index in [-0.39, 0.29) is 23.8 Å². The van der Waals surface area contributed by atoms with Crippen LogP contribution in [0.15, 0.2) is 30.3 Å². The Bertz CT molecular complexity index is 477. The zero-order valence-corrected chi connectivity index (χ0v) is 11.2. The Morgan fingerprint density at radius 3 is 2.68 bits per heavy atom. The Hall–Kier alpha value is -1.68. The van der Waals surface area contributed by atoms with Gasteiger partial charge >= 0.3 is 0 Å². The van der Waals surface area contributed by atoms with Crippen molar-refractivity contribution in [3.63, 3.8) is 0 Å². The Morgan fingerprint density at radius 2 is 2.05 bits per heavy atom. The fourth-order valence-electron chi connectivity index (χ4n) is 2.30. The number of morpholine rings is 1. The van der Waals surface area contributed by atoms with Gasteiger partial charge in [0.2, 0.25) is 5.91 Å². The first-order valence-corrected chi connectivity index (χ1v) is 6.41. The van der Waals surface area contributed by atoms with Gasteiger partial charge in [0.1, 0.15) is 5.82 Å². The fraction of sp³-hybridized carbons (Fsp3) is 0.400. The minimum absolute atomic E-state index is 0.0624. The van der Waals surface area contributed by atoms with E-state index in [1.165, 1.54) is 18.2 Å². The van der Waals surface area contributed by atoms with Crippen molar-refractivity contribution in [3.05, 3.63) is 41.7 Å². The van der Waals surface area contributed by atoms with Crippen LogP contribution in [0, 0.1) is 5.82 Å². The first-order chi connectivity index (χ1) is 9.08. The number of benzene rings is 1. The molecule has 1 heterocycles. The van der Waals surface area contributed by atoms with Crippen LogP contribution in [0.3, 0.4) is 0 Å². The molecule has 0 radical (unpaired) electrons. The summed E-state index contributed by atoms with van der Waals surface area (Å²) in [5.74, 6) is -0.365. The number of ether oxygens (including phenoxy) is 1. The van der Waals surface area contributed by atoms with Gasteiger partial charge in [-0.15, -0.1) is 0 Å². The summed E-state index contributed by atoms with van der Waals surface area (Å²) in [5.41, 5.74) is 0.682. The summed E-state index contributed by atoms with van der Waals surface area (Å²) in [7, 11) is 0. The van der Waals surface area contributed by atoms with Crippen LogP contribution in [0.5, 0.6) is 0 Å². The van der Waals surface area contributed by atoms with Gasteiger partial charge in [-0.2, -0.15) is 0 Å². The van der Waals surface area contributed by atoms with E-state index in [1.807, 2.05) is 13.8 Å². The van der Waals surface area contributed by atoms with Crippen LogP contribution in [0.4, 0.5) is 4.39 Å². The van der Waals surface area contributed by atoms with Gasteiger partial charge < -0.3 is 9.64 Å². The largest absolute Gasteiger partial charge is 0.377 e. The van der Waals surface area contributed by atoms with Crippen LogP contribution in [0.1, 0.15) is 19.4 Å². The molecule has 0 N–H and O–H groups in total. The van der Waals surface area contributed by atoms with Gasteiger partial charge in [-0.05, 0) is 37.6 Å². The van der Waals surface area contributed by atoms with Crippen LogP contribution in [0.2, 0.25) is 0 Å². The summed E-state index contributed by atoms with van der Waals surface area (Å²) in [6.07, 6.45) is 3.13. The van der Waals surface area contributed by atoms with Crippen LogP contribution < -0.4 is 0 Å². The van der Waals surface area contributed by atoms with Gasteiger partial charge in [-0.25, -0.2) is 4.39 Å². The van der Waals surface area contributed by atoms with Gasteiger partial charge in [-0.1, -0.05) is 12.1 Å². The first kappa shape index (κ1) is 13.7. The second-order valence-corrected chi connectivity index (χ2v) is 4.87. The predicted octanol–water partition coefficient (Wildman–Crippen LogP) is 2.47. The van der Waals surface area contributed by atoms with Crippen LogP contribution in [-0.2, 0) is 9.53 Å². The van der Waals surface area contributed by atoms with Crippen molar-refractivity contribution in [2.45, 2.75) is 25.9 Å². The van der Waals surface area contributed by atoms with E-state index in [0.29, 0.717) is 18.8 Å². The van der Waals surface area contributed by atoms with Crippen LogP contribution >= 0.6 is 0 Å². The van der Waals surface area contributed by atoms with Crippen molar-refractivity contribution < 1.29 is 13.9 Å². The highest BCUT2D eigenvalue weighted by Gasteiger charge is 2.27. The molecule has 0 aliphatic carbocycles. The van der Waals surface area contributed by atoms with E-state index in [9.17, 15) is 9.18 Å². The lowest BCUT2D eigenvalue weighted by molar-refractivity contribution is -0.138. The molecular formula is C15H18FNO2. The Labute approximate surface area is 112 Å². The maximum absolute atomic E-state index is 13.0. The molecule has 1 aliphatic heterocycles. The first-order valence-electron chi connectivity index (χ1n) is 6.41. The van der Waals surface area contributed by atoms with E-state index in [2.05, 4.69) is 0 Å². The van der Waals surface area contributed by atoms with E-state index in [0.717, 1.165) is 0 Å². The summed E-state index contributed by atoms with van der Waals surface area (Å²) < 4.78 is 18.4. The minimum Gasteiger partial charge on any atom is -0.377 e. The molecule has 1 aliphatic rings. The monoisotopic (exact) mass is 263 g/mol. The molecule has 19 heavy (non-hydrogen) atoms. The molecule has 2 rings (SSSR count). The molecule has 1 aromatic carbocycles. The minimum atomic E-state index is -0.303. The topological polar surface area (TPSA) is 29.5 Å². The second-order valence-electron chi connectivity index (χ2n) is 4.87. The lowest BCUT2D eigenvalue weighted by Crippen LogP contribution is -2.51. The van der Waals surface area contributed by atoms with E-state index < -0.39 is 0 Å². The average molecular weight is 263 g/mol. The number of amides is 1. The Morgan fingerprint density at radius 1 is 1.37 bits per heavy atom. The smallest absolute Gasteiger partial charge is 0.247 e.